The summed E-state index contributed by atoms with van der Waals surface area (Å²) in [5.41, 5.74) is 6.03. The summed E-state index contributed by atoms with van der Waals surface area (Å²) in [4.78, 5) is 4.92. The van der Waals surface area contributed by atoms with Crippen molar-refractivity contribution in [2.24, 2.45) is 0 Å². The second kappa shape index (κ2) is 6.85. The van der Waals surface area contributed by atoms with Crippen LogP contribution in [0.2, 0.25) is 0 Å². The third-order valence-electron chi connectivity index (χ3n) is 4.82. The summed E-state index contributed by atoms with van der Waals surface area (Å²) in [5.74, 6) is 0. The molecular formula is C20H23N3. The van der Waals surface area contributed by atoms with E-state index in [0.717, 1.165) is 43.9 Å². The number of nitriles is 1. The number of hydrogen-bond acceptors (Lipinski definition) is 3. The molecule has 1 fully saturated rings. The molecule has 23 heavy (non-hydrogen) atoms. The van der Waals surface area contributed by atoms with Crippen molar-refractivity contribution in [1.82, 2.24) is 4.90 Å². The van der Waals surface area contributed by atoms with Crippen LogP contribution in [0.15, 0.2) is 42.5 Å². The lowest BCUT2D eigenvalue weighted by molar-refractivity contribution is 0.249. The van der Waals surface area contributed by atoms with E-state index in [0.29, 0.717) is 0 Å². The summed E-state index contributed by atoms with van der Waals surface area (Å²) in [6.07, 6.45) is 0. The van der Waals surface area contributed by atoms with Gasteiger partial charge >= 0.3 is 0 Å². The van der Waals surface area contributed by atoms with Gasteiger partial charge in [0.2, 0.25) is 0 Å². The average Bonchev–Trinajstić information content (AvgIpc) is 2.59. The standard InChI is InChI=1S/C20H23N3/c1-16-6-5-9-20(17(16)2)23-12-10-22(11-13-23)15-19-8-4-3-7-18(19)14-21/h3-9H,10-13,15H2,1-2H3. The van der Waals surface area contributed by atoms with Crippen LogP contribution in [0.4, 0.5) is 5.69 Å². The number of anilines is 1. The highest BCUT2D eigenvalue weighted by Gasteiger charge is 2.19. The minimum Gasteiger partial charge on any atom is -0.369 e. The average molecular weight is 305 g/mol. The summed E-state index contributed by atoms with van der Waals surface area (Å²) >= 11 is 0. The Labute approximate surface area is 138 Å². The maximum atomic E-state index is 9.22. The van der Waals surface area contributed by atoms with Crippen molar-refractivity contribution < 1.29 is 0 Å². The van der Waals surface area contributed by atoms with E-state index in [-0.39, 0.29) is 0 Å². The lowest BCUT2D eigenvalue weighted by Crippen LogP contribution is -2.46. The minimum atomic E-state index is 0.796. The van der Waals surface area contributed by atoms with Crippen LogP contribution in [0.1, 0.15) is 22.3 Å². The number of benzene rings is 2. The monoisotopic (exact) mass is 305 g/mol. The van der Waals surface area contributed by atoms with Crippen LogP contribution in [-0.4, -0.2) is 31.1 Å². The molecule has 2 aromatic carbocycles. The smallest absolute Gasteiger partial charge is 0.0995 e. The molecule has 2 aromatic rings. The van der Waals surface area contributed by atoms with Gasteiger partial charge in [0.15, 0.2) is 0 Å². The van der Waals surface area contributed by atoms with Gasteiger partial charge in [0, 0.05) is 38.4 Å². The molecule has 3 heteroatoms. The topological polar surface area (TPSA) is 30.3 Å². The zero-order chi connectivity index (χ0) is 16.2. The summed E-state index contributed by atoms with van der Waals surface area (Å²) < 4.78 is 0. The van der Waals surface area contributed by atoms with E-state index in [1.165, 1.54) is 16.8 Å². The van der Waals surface area contributed by atoms with E-state index >= 15 is 0 Å². The number of piperazine rings is 1. The predicted octanol–water partition coefficient (Wildman–Crippen LogP) is 3.50. The van der Waals surface area contributed by atoms with Crippen molar-refractivity contribution in [1.29, 1.82) is 5.26 Å². The Kier molecular flexibility index (Phi) is 4.64. The van der Waals surface area contributed by atoms with Crippen molar-refractivity contribution in [3.8, 4) is 6.07 Å². The first kappa shape index (κ1) is 15.6. The van der Waals surface area contributed by atoms with E-state index in [1.807, 2.05) is 18.2 Å². The molecule has 1 saturated heterocycles. The molecule has 118 valence electrons. The molecule has 0 amide bonds. The number of aryl methyl sites for hydroxylation is 1. The SMILES string of the molecule is Cc1cccc(N2CCN(Cc3ccccc3C#N)CC2)c1C. The maximum Gasteiger partial charge on any atom is 0.0995 e. The molecule has 1 aliphatic heterocycles. The quantitative estimate of drug-likeness (QED) is 0.869. The van der Waals surface area contributed by atoms with Crippen molar-refractivity contribution in [3.05, 3.63) is 64.7 Å². The molecule has 3 nitrogen and oxygen atoms in total. The van der Waals surface area contributed by atoms with Gasteiger partial charge in [-0.1, -0.05) is 30.3 Å². The fraction of sp³-hybridized carbons (Fsp3) is 0.350. The molecule has 0 unspecified atom stereocenters. The molecule has 0 saturated carbocycles. The van der Waals surface area contributed by atoms with Crippen LogP contribution in [0.5, 0.6) is 0 Å². The molecule has 0 radical (unpaired) electrons. The van der Waals surface area contributed by atoms with Crippen LogP contribution < -0.4 is 4.90 Å². The van der Waals surface area contributed by atoms with Crippen LogP contribution >= 0.6 is 0 Å². The fourth-order valence-corrected chi connectivity index (χ4v) is 3.23. The van der Waals surface area contributed by atoms with Gasteiger partial charge in [-0.2, -0.15) is 5.26 Å². The van der Waals surface area contributed by atoms with E-state index in [9.17, 15) is 5.26 Å². The molecule has 0 N–H and O–H groups in total. The second-order valence-electron chi connectivity index (χ2n) is 6.25. The van der Waals surface area contributed by atoms with Crippen molar-refractivity contribution >= 4 is 5.69 Å². The summed E-state index contributed by atoms with van der Waals surface area (Å²) in [6.45, 7) is 9.40. The van der Waals surface area contributed by atoms with E-state index in [1.54, 1.807) is 0 Å². The van der Waals surface area contributed by atoms with Crippen molar-refractivity contribution in [2.45, 2.75) is 20.4 Å². The molecule has 0 spiro atoms. The number of nitrogens with zero attached hydrogens (tertiary/aromatic N) is 3. The molecule has 0 aliphatic carbocycles. The lowest BCUT2D eigenvalue weighted by atomic mass is 10.1. The summed E-state index contributed by atoms with van der Waals surface area (Å²) in [7, 11) is 0. The van der Waals surface area contributed by atoms with Crippen LogP contribution in [0, 0.1) is 25.2 Å². The van der Waals surface area contributed by atoms with Crippen LogP contribution in [0.3, 0.4) is 0 Å². The van der Waals surface area contributed by atoms with Crippen molar-refractivity contribution in [3.63, 3.8) is 0 Å². The molecule has 1 aliphatic rings. The molecular weight excluding hydrogens is 282 g/mol. The zero-order valence-electron chi connectivity index (χ0n) is 13.9. The van der Waals surface area contributed by atoms with Gasteiger partial charge in [-0.15, -0.1) is 0 Å². The highest BCUT2D eigenvalue weighted by Crippen LogP contribution is 2.24. The minimum absolute atomic E-state index is 0.796. The summed E-state index contributed by atoms with van der Waals surface area (Å²) in [5, 5.41) is 9.22. The van der Waals surface area contributed by atoms with Gasteiger partial charge in [-0.05, 0) is 42.7 Å². The third-order valence-corrected chi connectivity index (χ3v) is 4.82. The van der Waals surface area contributed by atoms with Crippen LogP contribution in [0.25, 0.3) is 0 Å². The van der Waals surface area contributed by atoms with Gasteiger partial charge in [-0.3, -0.25) is 4.90 Å². The van der Waals surface area contributed by atoms with Gasteiger partial charge < -0.3 is 4.90 Å². The van der Waals surface area contributed by atoms with Gasteiger partial charge in [0.05, 0.1) is 11.6 Å². The molecule has 1 heterocycles. The predicted molar refractivity (Wildman–Crippen MR) is 94.6 cm³/mol. The van der Waals surface area contributed by atoms with Crippen LogP contribution in [-0.2, 0) is 6.54 Å². The highest BCUT2D eigenvalue weighted by atomic mass is 15.3. The largest absolute Gasteiger partial charge is 0.369 e. The Morgan fingerprint density at radius 1 is 0.957 bits per heavy atom. The van der Waals surface area contributed by atoms with E-state index in [4.69, 9.17) is 0 Å². The third kappa shape index (κ3) is 3.38. The first-order valence-electron chi connectivity index (χ1n) is 8.20. The van der Waals surface area contributed by atoms with Gasteiger partial charge in [-0.25, -0.2) is 0 Å². The molecule has 3 rings (SSSR count). The number of hydrogen-bond donors (Lipinski definition) is 0. The Bertz CT molecular complexity index is 722. The lowest BCUT2D eigenvalue weighted by Gasteiger charge is -2.37. The molecule has 0 aromatic heterocycles. The van der Waals surface area contributed by atoms with Gasteiger partial charge in [0.25, 0.3) is 0 Å². The Morgan fingerprint density at radius 2 is 1.70 bits per heavy atom. The van der Waals surface area contributed by atoms with E-state index in [2.05, 4.69) is 54.0 Å². The normalized spacial score (nSPS) is 15.4. The van der Waals surface area contributed by atoms with Gasteiger partial charge in [0.1, 0.15) is 0 Å². The Morgan fingerprint density at radius 3 is 2.43 bits per heavy atom. The second-order valence-corrected chi connectivity index (χ2v) is 6.25. The molecule has 0 bridgehead atoms. The Balaban J connectivity index is 1.65. The first-order valence-corrected chi connectivity index (χ1v) is 8.20. The maximum absolute atomic E-state index is 9.22. The Hall–Kier alpha value is -2.31. The highest BCUT2D eigenvalue weighted by molar-refractivity contribution is 5.56. The summed E-state index contributed by atoms with van der Waals surface area (Å²) in [6, 6.07) is 16.8. The first-order chi connectivity index (χ1) is 11.2. The fourth-order valence-electron chi connectivity index (χ4n) is 3.23. The number of rotatable bonds is 3. The van der Waals surface area contributed by atoms with E-state index < -0.39 is 0 Å². The molecule has 0 atom stereocenters. The zero-order valence-corrected chi connectivity index (χ0v) is 13.9. The van der Waals surface area contributed by atoms with Crippen molar-refractivity contribution in [2.75, 3.05) is 31.1 Å².